The normalized spacial score (nSPS) is 31.0. The number of rotatable bonds is 6. The Kier molecular flexibility index (Phi) is 5.68. The van der Waals surface area contributed by atoms with E-state index in [4.69, 9.17) is 0 Å². The van der Waals surface area contributed by atoms with Gasteiger partial charge in [0.05, 0.1) is 0 Å². The van der Waals surface area contributed by atoms with Crippen molar-refractivity contribution < 1.29 is 4.79 Å². The molecule has 19 heavy (non-hydrogen) atoms. The lowest BCUT2D eigenvalue weighted by molar-refractivity contribution is -0.122. The molecule has 3 atom stereocenters. The molecular formula is C16H30N2O. The van der Waals surface area contributed by atoms with Gasteiger partial charge in [-0.3, -0.25) is 4.79 Å². The molecule has 2 N–H and O–H groups in total. The molecule has 0 aromatic carbocycles. The van der Waals surface area contributed by atoms with Crippen molar-refractivity contribution in [2.45, 2.75) is 77.3 Å². The maximum atomic E-state index is 12.1. The number of hydrogen-bond acceptors (Lipinski definition) is 2. The molecule has 2 fully saturated rings. The second-order valence-corrected chi connectivity index (χ2v) is 6.83. The first-order valence-electron chi connectivity index (χ1n) is 8.18. The summed E-state index contributed by atoms with van der Waals surface area (Å²) in [5.74, 6) is 1.77. The van der Waals surface area contributed by atoms with E-state index in [0.29, 0.717) is 18.5 Å². The van der Waals surface area contributed by atoms with Gasteiger partial charge in [-0.25, -0.2) is 0 Å². The molecule has 1 amide bonds. The van der Waals surface area contributed by atoms with Gasteiger partial charge >= 0.3 is 0 Å². The molecule has 2 rings (SSSR count). The monoisotopic (exact) mass is 266 g/mol. The predicted octanol–water partition coefficient (Wildman–Crippen LogP) is 2.85. The van der Waals surface area contributed by atoms with Crippen molar-refractivity contribution in [1.29, 1.82) is 0 Å². The third-order valence-electron chi connectivity index (χ3n) is 4.71. The zero-order valence-corrected chi connectivity index (χ0v) is 12.6. The van der Waals surface area contributed by atoms with Crippen LogP contribution in [0.25, 0.3) is 0 Å². The average Bonchev–Trinajstić information content (AvgIpc) is 2.98. The third kappa shape index (κ3) is 4.79. The average molecular weight is 266 g/mol. The van der Waals surface area contributed by atoms with Crippen LogP contribution in [-0.4, -0.2) is 24.5 Å². The van der Waals surface area contributed by atoms with Gasteiger partial charge in [0.25, 0.3) is 0 Å². The van der Waals surface area contributed by atoms with Gasteiger partial charge in [-0.1, -0.05) is 26.7 Å². The number of nitrogens with one attached hydrogen (secondary N) is 2. The molecule has 1 saturated heterocycles. The molecule has 3 heteroatoms. The van der Waals surface area contributed by atoms with Gasteiger partial charge in [0.1, 0.15) is 0 Å². The van der Waals surface area contributed by atoms with Gasteiger partial charge in [-0.2, -0.15) is 0 Å². The van der Waals surface area contributed by atoms with Crippen LogP contribution in [0.15, 0.2) is 0 Å². The molecule has 1 aliphatic heterocycles. The van der Waals surface area contributed by atoms with Crippen LogP contribution in [-0.2, 0) is 4.79 Å². The second kappa shape index (κ2) is 7.28. The van der Waals surface area contributed by atoms with E-state index >= 15 is 0 Å². The first-order chi connectivity index (χ1) is 9.15. The van der Waals surface area contributed by atoms with E-state index in [2.05, 4.69) is 24.5 Å². The predicted molar refractivity (Wildman–Crippen MR) is 79.0 cm³/mol. The molecular weight excluding hydrogens is 236 g/mol. The quantitative estimate of drug-likeness (QED) is 0.776. The molecule has 2 aliphatic rings. The summed E-state index contributed by atoms with van der Waals surface area (Å²) < 4.78 is 0. The molecule has 1 heterocycles. The van der Waals surface area contributed by atoms with E-state index < -0.39 is 0 Å². The summed E-state index contributed by atoms with van der Waals surface area (Å²) >= 11 is 0. The Bertz CT molecular complexity index is 284. The van der Waals surface area contributed by atoms with Crippen LogP contribution < -0.4 is 10.6 Å². The van der Waals surface area contributed by atoms with Crippen LogP contribution in [0.2, 0.25) is 0 Å². The maximum absolute atomic E-state index is 12.1. The van der Waals surface area contributed by atoms with Crippen LogP contribution in [0.1, 0.15) is 65.2 Å². The molecule has 0 aromatic rings. The second-order valence-electron chi connectivity index (χ2n) is 6.83. The smallest absolute Gasteiger partial charge is 0.221 e. The van der Waals surface area contributed by atoms with Crippen molar-refractivity contribution in [1.82, 2.24) is 10.6 Å². The lowest BCUT2D eigenvalue weighted by Gasteiger charge is -2.22. The number of carbonyl (C=O) groups is 1. The standard InChI is InChI=1S/C16H30N2O/c1-12(2)8-9-13-5-3-7-15(13)18-16(19)11-14-6-4-10-17-14/h12-15,17H,3-11H2,1-2H3,(H,18,19). The fourth-order valence-corrected chi connectivity index (χ4v) is 3.54. The van der Waals surface area contributed by atoms with E-state index in [0.717, 1.165) is 24.8 Å². The molecule has 0 spiro atoms. The number of carbonyl (C=O) groups excluding carboxylic acids is 1. The van der Waals surface area contributed by atoms with Crippen LogP contribution in [0.5, 0.6) is 0 Å². The lowest BCUT2D eigenvalue weighted by atomic mass is 9.93. The van der Waals surface area contributed by atoms with Crippen molar-refractivity contribution >= 4 is 5.91 Å². The molecule has 1 aliphatic carbocycles. The molecule has 3 nitrogen and oxygen atoms in total. The van der Waals surface area contributed by atoms with Crippen molar-refractivity contribution in [2.24, 2.45) is 11.8 Å². The third-order valence-corrected chi connectivity index (χ3v) is 4.71. The Morgan fingerprint density at radius 2 is 2.11 bits per heavy atom. The largest absolute Gasteiger partial charge is 0.353 e. The van der Waals surface area contributed by atoms with Gasteiger partial charge in [0.2, 0.25) is 5.91 Å². The fourth-order valence-electron chi connectivity index (χ4n) is 3.54. The molecule has 0 radical (unpaired) electrons. The van der Waals surface area contributed by atoms with E-state index in [1.54, 1.807) is 0 Å². The highest BCUT2D eigenvalue weighted by molar-refractivity contribution is 5.77. The SMILES string of the molecule is CC(C)CCC1CCCC1NC(=O)CC1CCCN1. The Labute approximate surface area is 117 Å². The van der Waals surface area contributed by atoms with E-state index in [9.17, 15) is 4.79 Å². The maximum Gasteiger partial charge on any atom is 0.221 e. The Hall–Kier alpha value is -0.570. The van der Waals surface area contributed by atoms with Gasteiger partial charge in [0.15, 0.2) is 0 Å². The summed E-state index contributed by atoms with van der Waals surface area (Å²) in [5, 5.41) is 6.70. The minimum Gasteiger partial charge on any atom is -0.353 e. The molecule has 3 unspecified atom stereocenters. The fraction of sp³-hybridized carbons (Fsp3) is 0.938. The van der Waals surface area contributed by atoms with E-state index in [1.807, 2.05) is 0 Å². The summed E-state index contributed by atoms with van der Waals surface area (Å²) in [6.07, 6.45) is 9.41. The number of hydrogen-bond donors (Lipinski definition) is 2. The Balaban J connectivity index is 1.71. The van der Waals surface area contributed by atoms with Crippen LogP contribution >= 0.6 is 0 Å². The van der Waals surface area contributed by atoms with Gasteiger partial charge in [0, 0.05) is 18.5 Å². The van der Waals surface area contributed by atoms with Crippen molar-refractivity contribution in [3.05, 3.63) is 0 Å². The van der Waals surface area contributed by atoms with Crippen LogP contribution in [0.4, 0.5) is 0 Å². The van der Waals surface area contributed by atoms with Crippen LogP contribution in [0.3, 0.4) is 0 Å². The molecule has 110 valence electrons. The summed E-state index contributed by atoms with van der Waals surface area (Å²) in [6.45, 7) is 5.65. The first-order valence-corrected chi connectivity index (χ1v) is 8.18. The Morgan fingerprint density at radius 1 is 1.26 bits per heavy atom. The van der Waals surface area contributed by atoms with Crippen molar-refractivity contribution in [3.8, 4) is 0 Å². The topological polar surface area (TPSA) is 41.1 Å². The van der Waals surface area contributed by atoms with E-state index in [-0.39, 0.29) is 5.91 Å². The van der Waals surface area contributed by atoms with Gasteiger partial charge in [-0.15, -0.1) is 0 Å². The lowest BCUT2D eigenvalue weighted by Crippen LogP contribution is -2.40. The number of amides is 1. The highest BCUT2D eigenvalue weighted by Crippen LogP contribution is 2.30. The highest BCUT2D eigenvalue weighted by Gasteiger charge is 2.29. The summed E-state index contributed by atoms with van der Waals surface area (Å²) in [5.41, 5.74) is 0. The summed E-state index contributed by atoms with van der Waals surface area (Å²) in [7, 11) is 0. The van der Waals surface area contributed by atoms with Crippen molar-refractivity contribution in [3.63, 3.8) is 0 Å². The minimum atomic E-state index is 0.265. The van der Waals surface area contributed by atoms with Crippen LogP contribution in [0, 0.1) is 11.8 Å². The molecule has 1 saturated carbocycles. The Morgan fingerprint density at radius 3 is 2.79 bits per heavy atom. The zero-order valence-electron chi connectivity index (χ0n) is 12.6. The molecule has 0 aromatic heterocycles. The highest BCUT2D eigenvalue weighted by atomic mass is 16.1. The molecule has 0 bridgehead atoms. The van der Waals surface area contributed by atoms with Gasteiger partial charge in [-0.05, 0) is 50.5 Å². The summed E-state index contributed by atoms with van der Waals surface area (Å²) in [6, 6.07) is 0.878. The summed E-state index contributed by atoms with van der Waals surface area (Å²) in [4.78, 5) is 12.1. The van der Waals surface area contributed by atoms with Gasteiger partial charge < -0.3 is 10.6 Å². The zero-order chi connectivity index (χ0) is 13.7. The minimum absolute atomic E-state index is 0.265. The van der Waals surface area contributed by atoms with E-state index in [1.165, 1.54) is 38.5 Å². The first kappa shape index (κ1) is 14.8. The van der Waals surface area contributed by atoms with Crippen molar-refractivity contribution in [2.75, 3.05) is 6.54 Å².